The number of anilines is 1. The van der Waals surface area contributed by atoms with Gasteiger partial charge in [-0.2, -0.15) is 0 Å². The number of hydrogen-bond donors (Lipinski definition) is 1. The normalized spacial score (nSPS) is 25.6. The zero-order valence-corrected chi connectivity index (χ0v) is 11.0. The van der Waals surface area contributed by atoms with Gasteiger partial charge in [-0.05, 0) is 50.2 Å². The number of hydrogen-bond acceptors (Lipinski definition) is 2. The summed E-state index contributed by atoms with van der Waals surface area (Å²) in [6.45, 7) is 4.45. The smallest absolute Gasteiger partial charge is 0.0482 e. The second kappa shape index (κ2) is 5.13. The van der Waals surface area contributed by atoms with E-state index in [1.54, 1.807) is 0 Å². The maximum absolute atomic E-state index is 6.11. The predicted molar refractivity (Wildman–Crippen MR) is 72.9 cm³/mol. The van der Waals surface area contributed by atoms with Crippen LogP contribution < -0.4 is 5.73 Å². The van der Waals surface area contributed by atoms with Gasteiger partial charge in [0.05, 0.1) is 0 Å². The highest BCUT2D eigenvalue weighted by Gasteiger charge is 2.19. The molecule has 88 valence electrons. The van der Waals surface area contributed by atoms with E-state index in [9.17, 15) is 0 Å². The summed E-state index contributed by atoms with van der Waals surface area (Å²) in [6.07, 6.45) is 5.45. The zero-order chi connectivity index (χ0) is 11.5. The highest BCUT2D eigenvalue weighted by atomic mass is 32.2. The van der Waals surface area contributed by atoms with Crippen molar-refractivity contribution in [1.82, 2.24) is 0 Å². The molecule has 0 spiro atoms. The predicted octanol–water partition coefficient (Wildman–Crippen LogP) is 4.25. The molecule has 1 saturated carbocycles. The molecule has 1 aliphatic carbocycles. The summed E-state index contributed by atoms with van der Waals surface area (Å²) >= 11 is 1.98. The van der Waals surface area contributed by atoms with Crippen LogP contribution in [-0.4, -0.2) is 5.25 Å². The van der Waals surface area contributed by atoms with Gasteiger partial charge in [0.25, 0.3) is 0 Å². The number of thioether (sulfide) groups is 1. The maximum atomic E-state index is 6.11. The van der Waals surface area contributed by atoms with Crippen molar-refractivity contribution in [2.75, 3.05) is 5.73 Å². The largest absolute Gasteiger partial charge is 0.398 e. The Morgan fingerprint density at radius 1 is 1.19 bits per heavy atom. The Bertz CT molecular complexity index is 354. The minimum Gasteiger partial charge on any atom is -0.398 e. The van der Waals surface area contributed by atoms with Crippen LogP contribution in [0.25, 0.3) is 0 Å². The summed E-state index contributed by atoms with van der Waals surface area (Å²) in [6, 6.07) is 6.35. The number of nitrogens with two attached hydrogens (primary N) is 1. The fraction of sp³-hybridized carbons (Fsp3) is 0.571. The number of rotatable bonds is 2. The average Bonchev–Trinajstić information content (AvgIpc) is 2.28. The van der Waals surface area contributed by atoms with Crippen LogP contribution in [0.15, 0.2) is 23.1 Å². The minimum atomic E-state index is 0.778. The van der Waals surface area contributed by atoms with Crippen LogP contribution in [-0.2, 0) is 0 Å². The van der Waals surface area contributed by atoms with Crippen molar-refractivity contribution in [2.24, 2.45) is 5.92 Å². The van der Waals surface area contributed by atoms with Gasteiger partial charge in [0, 0.05) is 15.8 Å². The lowest BCUT2D eigenvalue weighted by atomic mass is 9.91. The van der Waals surface area contributed by atoms with Crippen LogP contribution in [0.3, 0.4) is 0 Å². The molecule has 1 aromatic carbocycles. The molecule has 2 rings (SSSR count). The van der Waals surface area contributed by atoms with E-state index in [2.05, 4.69) is 32.0 Å². The molecular weight excluding hydrogens is 214 g/mol. The zero-order valence-electron chi connectivity index (χ0n) is 10.2. The Morgan fingerprint density at radius 2 is 1.88 bits per heavy atom. The van der Waals surface area contributed by atoms with Crippen molar-refractivity contribution >= 4 is 17.4 Å². The van der Waals surface area contributed by atoms with Gasteiger partial charge in [-0.3, -0.25) is 0 Å². The highest BCUT2D eigenvalue weighted by molar-refractivity contribution is 8.00. The highest BCUT2D eigenvalue weighted by Crippen LogP contribution is 2.38. The van der Waals surface area contributed by atoms with Crippen LogP contribution in [0.4, 0.5) is 5.69 Å². The first-order chi connectivity index (χ1) is 7.66. The van der Waals surface area contributed by atoms with E-state index < -0.39 is 0 Å². The molecule has 1 fully saturated rings. The van der Waals surface area contributed by atoms with Crippen LogP contribution in [0.1, 0.15) is 38.2 Å². The molecule has 1 aromatic rings. The third-order valence-corrected chi connectivity index (χ3v) is 4.96. The molecule has 2 heteroatoms. The maximum Gasteiger partial charge on any atom is 0.0482 e. The summed E-state index contributed by atoms with van der Waals surface area (Å²) in [5.74, 6) is 0.923. The Kier molecular flexibility index (Phi) is 3.80. The lowest BCUT2D eigenvalue weighted by Crippen LogP contribution is -2.14. The minimum absolute atomic E-state index is 0.778. The molecule has 0 aromatic heterocycles. The van der Waals surface area contributed by atoms with E-state index in [4.69, 9.17) is 5.73 Å². The van der Waals surface area contributed by atoms with Crippen molar-refractivity contribution in [3.63, 3.8) is 0 Å². The lowest BCUT2D eigenvalue weighted by Gasteiger charge is -2.26. The van der Waals surface area contributed by atoms with Crippen LogP contribution in [0.5, 0.6) is 0 Å². The number of aryl methyl sites for hydroxylation is 1. The van der Waals surface area contributed by atoms with Gasteiger partial charge in [0.1, 0.15) is 0 Å². The van der Waals surface area contributed by atoms with Crippen LogP contribution in [0, 0.1) is 12.8 Å². The quantitative estimate of drug-likeness (QED) is 0.776. The molecule has 0 amide bonds. The summed E-state index contributed by atoms with van der Waals surface area (Å²) in [5.41, 5.74) is 8.29. The lowest BCUT2D eigenvalue weighted by molar-refractivity contribution is 0.393. The van der Waals surface area contributed by atoms with E-state index in [1.807, 2.05) is 11.8 Å². The van der Waals surface area contributed by atoms with Gasteiger partial charge < -0.3 is 5.73 Å². The molecule has 2 N–H and O–H groups in total. The first-order valence-corrected chi connectivity index (χ1v) is 7.06. The van der Waals surface area contributed by atoms with Crippen molar-refractivity contribution in [3.05, 3.63) is 23.8 Å². The van der Waals surface area contributed by atoms with Crippen molar-refractivity contribution in [1.29, 1.82) is 0 Å². The number of para-hydroxylation sites is 1. The summed E-state index contributed by atoms with van der Waals surface area (Å²) < 4.78 is 0. The van der Waals surface area contributed by atoms with Gasteiger partial charge >= 0.3 is 0 Å². The fourth-order valence-corrected chi connectivity index (χ4v) is 3.60. The second-order valence-corrected chi connectivity index (χ2v) is 6.33. The van der Waals surface area contributed by atoms with E-state index in [0.29, 0.717) is 0 Å². The Labute approximate surface area is 103 Å². The van der Waals surface area contributed by atoms with Crippen molar-refractivity contribution in [2.45, 2.75) is 49.7 Å². The summed E-state index contributed by atoms with van der Waals surface area (Å²) in [5, 5.41) is 0.778. The SMILES string of the molecule is Cc1cccc(SC2CCC(C)CC2)c1N. The van der Waals surface area contributed by atoms with E-state index in [-0.39, 0.29) is 0 Å². The Hall–Kier alpha value is -0.630. The number of nitrogen functional groups attached to an aromatic ring is 1. The van der Waals surface area contributed by atoms with Gasteiger partial charge in [0.2, 0.25) is 0 Å². The molecule has 0 unspecified atom stereocenters. The van der Waals surface area contributed by atoms with Gasteiger partial charge in [-0.1, -0.05) is 19.1 Å². The molecule has 0 saturated heterocycles. The third-order valence-electron chi connectivity index (χ3n) is 3.54. The van der Waals surface area contributed by atoms with Crippen molar-refractivity contribution in [3.8, 4) is 0 Å². The molecule has 0 atom stereocenters. The molecular formula is C14H21NS. The molecule has 1 nitrogen and oxygen atoms in total. The Morgan fingerprint density at radius 3 is 2.56 bits per heavy atom. The second-order valence-electron chi connectivity index (χ2n) is 4.99. The average molecular weight is 235 g/mol. The van der Waals surface area contributed by atoms with E-state index >= 15 is 0 Å². The molecule has 0 aliphatic heterocycles. The monoisotopic (exact) mass is 235 g/mol. The van der Waals surface area contributed by atoms with Crippen LogP contribution >= 0.6 is 11.8 Å². The van der Waals surface area contributed by atoms with Crippen molar-refractivity contribution < 1.29 is 0 Å². The molecule has 16 heavy (non-hydrogen) atoms. The molecule has 1 aliphatic rings. The van der Waals surface area contributed by atoms with Gasteiger partial charge in [-0.15, -0.1) is 11.8 Å². The molecule has 0 bridgehead atoms. The standard InChI is InChI=1S/C14H21NS/c1-10-6-8-12(9-7-10)16-13-5-3-4-11(2)14(13)15/h3-5,10,12H,6-9,15H2,1-2H3. The molecule has 0 heterocycles. The van der Waals surface area contributed by atoms with Gasteiger partial charge in [-0.25, -0.2) is 0 Å². The van der Waals surface area contributed by atoms with E-state index in [1.165, 1.54) is 36.1 Å². The van der Waals surface area contributed by atoms with E-state index in [0.717, 1.165) is 16.9 Å². The first kappa shape index (κ1) is 11.8. The topological polar surface area (TPSA) is 26.0 Å². The van der Waals surface area contributed by atoms with Gasteiger partial charge in [0.15, 0.2) is 0 Å². The van der Waals surface area contributed by atoms with Crippen LogP contribution in [0.2, 0.25) is 0 Å². The fourth-order valence-electron chi connectivity index (χ4n) is 2.28. The molecule has 0 radical (unpaired) electrons. The first-order valence-electron chi connectivity index (χ1n) is 6.18. The summed E-state index contributed by atoms with van der Waals surface area (Å²) in [4.78, 5) is 1.28. The number of benzene rings is 1. The summed E-state index contributed by atoms with van der Waals surface area (Å²) in [7, 11) is 0. The Balaban J connectivity index is 2.01. The third kappa shape index (κ3) is 2.73.